The number of hydrogen-bond donors (Lipinski definition) is 2. The Morgan fingerprint density at radius 2 is 2.47 bits per heavy atom. The summed E-state index contributed by atoms with van der Waals surface area (Å²) in [6.45, 7) is 3.09. The Labute approximate surface area is 99.8 Å². The predicted octanol–water partition coefficient (Wildman–Crippen LogP) is 1.88. The molecule has 82 valence electrons. The number of nitrogens with zero attached hydrogens (tertiary/aromatic N) is 1. The van der Waals surface area contributed by atoms with Crippen molar-refractivity contribution in [3.8, 4) is 0 Å². The van der Waals surface area contributed by atoms with Crippen LogP contribution < -0.4 is 11.1 Å². The Bertz CT molecular complexity index is 341. The second-order valence-corrected chi connectivity index (χ2v) is 4.94. The number of nitrogens with two attached hydrogens (primary N) is 1. The van der Waals surface area contributed by atoms with Crippen molar-refractivity contribution in [2.45, 2.75) is 12.2 Å². The molecule has 0 aliphatic carbocycles. The smallest absolute Gasteiger partial charge is 0.122 e. The molecule has 0 bridgehead atoms. The van der Waals surface area contributed by atoms with Crippen LogP contribution in [0.5, 0.6) is 0 Å². The van der Waals surface area contributed by atoms with Gasteiger partial charge in [0.1, 0.15) is 4.99 Å². The molecule has 0 saturated carbocycles. The second-order valence-electron chi connectivity index (χ2n) is 3.22. The molecule has 1 aromatic heterocycles. The van der Waals surface area contributed by atoms with Crippen LogP contribution in [0.3, 0.4) is 0 Å². The van der Waals surface area contributed by atoms with Crippen molar-refractivity contribution in [3.05, 3.63) is 24.0 Å². The van der Waals surface area contributed by atoms with Crippen LogP contribution in [0.4, 0.5) is 5.69 Å². The first-order chi connectivity index (χ1) is 7.13. The summed E-state index contributed by atoms with van der Waals surface area (Å²) in [5.74, 6) is 0. The zero-order valence-corrected chi connectivity index (χ0v) is 10.5. The maximum absolute atomic E-state index is 5.50. The van der Waals surface area contributed by atoms with E-state index in [0.717, 1.165) is 12.2 Å². The lowest BCUT2D eigenvalue weighted by atomic mass is 10.3. The first kappa shape index (κ1) is 12.3. The molecule has 0 spiro atoms. The summed E-state index contributed by atoms with van der Waals surface area (Å²) in [5.41, 5.74) is 7.17. The monoisotopic (exact) mass is 241 g/mol. The Hall–Kier alpha value is -0.810. The summed E-state index contributed by atoms with van der Waals surface area (Å²) in [6, 6.07) is 3.78. The third kappa shape index (κ3) is 4.05. The van der Waals surface area contributed by atoms with Gasteiger partial charge in [0.15, 0.2) is 0 Å². The van der Waals surface area contributed by atoms with Crippen molar-refractivity contribution in [3.63, 3.8) is 0 Å². The number of anilines is 1. The van der Waals surface area contributed by atoms with E-state index in [9.17, 15) is 0 Å². The maximum Gasteiger partial charge on any atom is 0.122 e. The third-order valence-corrected chi connectivity index (χ3v) is 3.19. The van der Waals surface area contributed by atoms with Gasteiger partial charge in [-0.2, -0.15) is 11.8 Å². The highest BCUT2D eigenvalue weighted by Crippen LogP contribution is 2.10. The summed E-state index contributed by atoms with van der Waals surface area (Å²) in [4.78, 5) is 4.40. The topological polar surface area (TPSA) is 50.9 Å². The first-order valence-electron chi connectivity index (χ1n) is 4.66. The van der Waals surface area contributed by atoms with E-state index in [0.29, 0.717) is 15.9 Å². The summed E-state index contributed by atoms with van der Waals surface area (Å²) >= 11 is 6.69. The number of thioether (sulfide) groups is 1. The molecule has 0 saturated heterocycles. The molecule has 0 aliphatic heterocycles. The third-order valence-electron chi connectivity index (χ3n) is 2.01. The van der Waals surface area contributed by atoms with Crippen molar-refractivity contribution in [2.24, 2.45) is 5.73 Å². The lowest BCUT2D eigenvalue weighted by molar-refractivity contribution is 1.00. The summed E-state index contributed by atoms with van der Waals surface area (Å²) < 4.78 is 0. The molecule has 1 rings (SSSR count). The quantitative estimate of drug-likeness (QED) is 0.771. The summed E-state index contributed by atoms with van der Waals surface area (Å²) in [6.07, 6.45) is 3.81. The van der Waals surface area contributed by atoms with E-state index < -0.39 is 0 Å². The van der Waals surface area contributed by atoms with Gasteiger partial charge in [-0.25, -0.2) is 0 Å². The Kier molecular flexibility index (Phi) is 4.84. The molecular weight excluding hydrogens is 226 g/mol. The lowest BCUT2D eigenvalue weighted by Gasteiger charge is -2.11. The molecule has 0 fully saturated rings. The minimum atomic E-state index is 0.330. The van der Waals surface area contributed by atoms with E-state index in [-0.39, 0.29) is 0 Å². The van der Waals surface area contributed by atoms with Crippen LogP contribution in [0.2, 0.25) is 0 Å². The number of rotatable bonds is 5. The fraction of sp³-hybridized carbons (Fsp3) is 0.400. The van der Waals surface area contributed by atoms with Crippen LogP contribution in [0, 0.1) is 0 Å². The highest BCUT2D eigenvalue weighted by molar-refractivity contribution is 7.99. The zero-order valence-electron chi connectivity index (χ0n) is 8.86. The van der Waals surface area contributed by atoms with Crippen molar-refractivity contribution < 1.29 is 0 Å². The molecule has 1 atom stereocenters. The van der Waals surface area contributed by atoms with Crippen LogP contribution in [0.25, 0.3) is 0 Å². The van der Waals surface area contributed by atoms with Crippen LogP contribution in [0.1, 0.15) is 12.6 Å². The Morgan fingerprint density at radius 3 is 3.07 bits per heavy atom. The van der Waals surface area contributed by atoms with E-state index in [4.69, 9.17) is 18.0 Å². The molecule has 5 heteroatoms. The van der Waals surface area contributed by atoms with Crippen LogP contribution in [-0.2, 0) is 0 Å². The van der Waals surface area contributed by atoms with E-state index in [1.165, 1.54) is 0 Å². The normalized spacial score (nSPS) is 12.1. The minimum Gasteiger partial charge on any atom is -0.388 e. The van der Waals surface area contributed by atoms with Gasteiger partial charge in [-0.1, -0.05) is 19.1 Å². The van der Waals surface area contributed by atoms with Gasteiger partial charge in [0, 0.05) is 23.7 Å². The number of hydrogen-bond acceptors (Lipinski definition) is 4. The largest absolute Gasteiger partial charge is 0.388 e. The van der Waals surface area contributed by atoms with Gasteiger partial charge in [-0.05, 0) is 18.4 Å². The number of thiocarbonyl (C=S) groups is 1. The molecule has 1 unspecified atom stereocenters. The fourth-order valence-corrected chi connectivity index (χ4v) is 1.38. The van der Waals surface area contributed by atoms with Crippen molar-refractivity contribution in [1.29, 1.82) is 0 Å². The first-order valence-corrected chi connectivity index (χ1v) is 6.35. The van der Waals surface area contributed by atoms with Gasteiger partial charge in [0.2, 0.25) is 0 Å². The molecule has 0 amide bonds. The molecule has 0 radical (unpaired) electrons. The van der Waals surface area contributed by atoms with Crippen LogP contribution in [0.15, 0.2) is 18.3 Å². The molecule has 3 nitrogen and oxygen atoms in total. The van der Waals surface area contributed by atoms with Crippen molar-refractivity contribution in [1.82, 2.24) is 4.98 Å². The van der Waals surface area contributed by atoms with Gasteiger partial charge in [0.25, 0.3) is 0 Å². The van der Waals surface area contributed by atoms with E-state index in [2.05, 4.69) is 23.5 Å². The number of aromatic nitrogens is 1. The molecule has 1 heterocycles. The van der Waals surface area contributed by atoms with Gasteiger partial charge >= 0.3 is 0 Å². The molecular formula is C10H15N3S2. The van der Waals surface area contributed by atoms with Crippen molar-refractivity contribution >= 4 is 34.7 Å². The van der Waals surface area contributed by atoms with Gasteiger partial charge in [-0.15, -0.1) is 0 Å². The number of pyridine rings is 1. The summed E-state index contributed by atoms with van der Waals surface area (Å²) in [5, 5.41) is 3.89. The molecule has 3 N–H and O–H groups in total. The predicted molar refractivity (Wildman–Crippen MR) is 71.6 cm³/mol. The van der Waals surface area contributed by atoms with Gasteiger partial charge in [-0.3, -0.25) is 4.98 Å². The van der Waals surface area contributed by atoms with Crippen LogP contribution >= 0.6 is 24.0 Å². The molecule has 0 aliphatic rings. The molecule has 0 aromatic carbocycles. The lowest BCUT2D eigenvalue weighted by Crippen LogP contribution is -2.15. The highest BCUT2D eigenvalue weighted by Gasteiger charge is 2.01. The SMILES string of the molecule is CSC(C)CNc1ccnc(C(N)=S)c1. The molecule has 15 heavy (non-hydrogen) atoms. The fourth-order valence-electron chi connectivity index (χ4n) is 1.02. The van der Waals surface area contributed by atoms with Crippen molar-refractivity contribution in [2.75, 3.05) is 18.1 Å². The standard InChI is InChI=1S/C10H15N3S2/c1-7(15-2)6-13-8-3-4-12-9(5-8)10(11)14/h3-5,7H,6H2,1-2H3,(H2,11,14)(H,12,13). The summed E-state index contributed by atoms with van der Waals surface area (Å²) in [7, 11) is 0. The average molecular weight is 241 g/mol. The van der Waals surface area contributed by atoms with E-state index >= 15 is 0 Å². The van der Waals surface area contributed by atoms with Crippen LogP contribution in [-0.4, -0.2) is 28.0 Å². The highest BCUT2D eigenvalue weighted by atomic mass is 32.2. The number of nitrogens with one attached hydrogen (secondary N) is 1. The molecule has 1 aromatic rings. The minimum absolute atomic E-state index is 0.330. The van der Waals surface area contributed by atoms with E-state index in [1.807, 2.05) is 23.9 Å². The second kappa shape index (κ2) is 5.92. The maximum atomic E-state index is 5.50. The van der Waals surface area contributed by atoms with Gasteiger partial charge in [0.05, 0.1) is 5.69 Å². The van der Waals surface area contributed by atoms with Gasteiger partial charge < -0.3 is 11.1 Å². The van der Waals surface area contributed by atoms with E-state index in [1.54, 1.807) is 6.20 Å². The Balaban J connectivity index is 2.62. The zero-order chi connectivity index (χ0) is 11.3. The average Bonchev–Trinajstić information content (AvgIpc) is 2.26. The Morgan fingerprint density at radius 1 is 1.73 bits per heavy atom.